The zero-order valence-electron chi connectivity index (χ0n) is 9.58. The Labute approximate surface area is 100 Å². The number of amides is 1. The van der Waals surface area contributed by atoms with E-state index in [0.29, 0.717) is 6.54 Å². The Bertz CT molecular complexity index is 356. The summed E-state index contributed by atoms with van der Waals surface area (Å²) in [5.41, 5.74) is 0. The van der Waals surface area contributed by atoms with E-state index in [2.05, 4.69) is 29.7 Å². The molecule has 0 aliphatic carbocycles. The number of carbonyl (C=O) groups is 1. The quantitative estimate of drug-likeness (QED) is 0.841. The molecule has 0 bridgehead atoms. The van der Waals surface area contributed by atoms with Crippen LogP contribution in [0.5, 0.6) is 0 Å². The summed E-state index contributed by atoms with van der Waals surface area (Å²) >= 11 is 1.75. The van der Waals surface area contributed by atoms with Crippen LogP contribution in [0.15, 0.2) is 12.1 Å². The molecule has 0 unspecified atom stereocenters. The number of thiophene rings is 1. The predicted molar refractivity (Wildman–Crippen MR) is 66.5 cm³/mol. The summed E-state index contributed by atoms with van der Waals surface area (Å²) < 4.78 is 0. The highest BCUT2D eigenvalue weighted by Crippen LogP contribution is 2.15. The van der Waals surface area contributed by atoms with Gasteiger partial charge in [0.2, 0.25) is 5.91 Å². The maximum absolute atomic E-state index is 11.8. The molecule has 3 nitrogen and oxygen atoms in total. The minimum Gasteiger partial charge on any atom is -0.351 e. The molecule has 4 heteroatoms. The smallest absolute Gasteiger partial charge is 0.224 e. The molecule has 1 aromatic rings. The molecule has 0 aromatic carbocycles. The third-order valence-corrected chi connectivity index (χ3v) is 3.90. The average Bonchev–Trinajstić information content (AvgIpc) is 2.73. The summed E-state index contributed by atoms with van der Waals surface area (Å²) in [6.45, 7) is 4.64. The number of rotatable bonds is 3. The molecule has 0 radical (unpaired) electrons. The van der Waals surface area contributed by atoms with Gasteiger partial charge in [0.15, 0.2) is 0 Å². The third kappa shape index (κ3) is 3.06. The zero-order valence-corrected chi connectivity index (χ0v) is 10.4. The first kappa shape index (κ1) is 11.6. The van der Waals surface area contributed by atoms with Crippen molar-refractivity contribution in [2.24, 2.45) is 5.92 Å². The standard InChI is InChI=1S/C12H18N2OS/c1-9-4-5-11(16-9)8-14-12(15)10-3-2-6-13-7-10/h4-5,10,13H,2-3,6-8H2,1H3,(H,14,15)/t10-/m0/s1. The second-order valence-corrected chi connectivity index (χ2v) is 5.65. The first-order valence-electron chi connectivity index (χ1n) is 5.79. The van der Waals surface area contributed by atoms with Gasteiger partial charge in [-0.05, 0) is 38.4 Å². The van der Waals surface area contributed by atoms with Gasteiger partial charge in [-0.1, -0.05) is 0 Å². The lowest BCUT2D eigenvalue weighted by molar-refractivity contribution is -0.125. The highest BCUT2D eigenvalue weighted by atomic mass is 32.1. The molecule has 1 amide bonds. The van der Waals surface area contributed by atoms with Crippen LogP contribution in [0, 0.1) is 12.8 Å². The largest absolute Gasteiger partial charge is 0.351 e. The molecule has 1 aromatic heterocycles. The van der Waals surface area contributed by atoms with Gasteiger partial charge in [-0.25, -0.2) is 0 Å². The molecule has 0 saturated carbocycles. The van der Waals surface area contributed by atoms with E-state index in [0.717, 1.165) is 25.9 Å². The van der Waals surface area contributed by atoms with Crippen molar-refractivity contribution in [2.75, 3.05) is 13.1 Å². The van der Waals surface area contributed by atoms with Crippen LogP contribution in [0.1, 0.15) is 22.6 Å². The van der Waals surface area contributed by atoms with Crippen molar-refractivity contribution in [2.45, 2.75) is 26.3 Å². The lowest BCUT2D eigenvalue weighted by Crippen LogP contribution is -2.40. The Balaban J connectivity index is 1.78. The molecule has 88 valence electrons. The molecule has 1 aliphatic rings. The number of hydrogen-bond donors (Lipinski definition) is 2. The van der Waals surface area contributed by atoms with Gasteiger partial charge in [0.1, 0.15) is 0 Å². The van der Waals surface area contributed by atoms with Crippen LogP contribution in [-0.2, 0) is 11.3 Å². The first-order valence-corrected chi connectivity index (χ1v) is 6.61. The summed E-state index contributed by atoms with van der Waals surface area (Å²) in [5, 5.41) is 6.27. The molecule has 16 heavy (non-hydrogen) atoms. The first-order chi connectivity index (χ1) is 7.75. The number of carbonyl (C=O) groups excluding carboxylic acids is 1. The van der Waals surface area contributed by atoms with Crippen LogP contribution in [-0.4, -0.2) is 19.0 Å². The van der Waals surface area contributed by atoms with E-state index >= 15 is 0 Å². The summed E-state index contributed by atoms with van der Waals surface area (Å²) in [5.74, 6) is 0.355. The van der Waals surface area contributed by atoms with Crippen LogP contribution in [0.25, 0.3) is 0 Å². The Kier molecular flexibility index (Phi) is 3.96. The van der Waals surface area contributed by atoms with Crippen molar-refractivity contribution in [3.63, 3.8) is 0 Å². The van der Waals surface area contributed by atoms with Gasteiger partial charge in [-0.2, -0.15) is 0 Å². The number of hydrogen-bond acceptors (Lipinski definition) is 3. The average molecular weight is 238 g/mol. The topological polar surface area (TPSA) is 41.1 Å². The van der Waals surface area contributed by atoms with Crippen molar-refractivity contribution in [3.8, 4) is 0 Å². The normalized spacial score (nSPS) is 20.7. The lowest BCUT2D eigenvalue weighted by atomic mass is 9.99. The van der Waals surface area contributed by atoms with E-state index in [1.807, 2.05) is 0 Å². The molecular weight excluding hydrogens is 220 g/mol. The predicted octanol–water partition coefficient (Wildman–Crippen LogP) is 1.67. The van der Waals surface area contributed by atoms with Gasteiger partial charge >= 0.3 is 0 Å². The molecule has 2 rings (SSSR count). The Morgan fingerprint density at radius 2 is 2.50 bits per heavy atom. The molecule has 2 heterocycles. The molecule has 2 N–H and O–H groups in total. The van der Waals surface area contributed by atoms with Gasteiger partial charge in [-0.15, -0.1) is 11.3 Å². The fraction of sp³-hybridized carbons (Fsp3) is 0.583. The van der Waals surface area contributed by atoms with Gasteiger partial charge in [0.05, 0.1) is 12.5 Å². The Hall–Kier alpha value is -0.870. The van der Waals surface area contributed by atoms with Crippen molar-refractivity contribution in [1.29, 1.82) is 0 Å². The number of aryl methyl sites for hydroxylation is 1. The second kappa shape index (κ2) is 5.46. The van der Waals surface area contributed by atoms with E-state index in [-0.39, 0.29) is 11.8 Å². The van der Waals surface area contributed by atoms with Crippen molar-refractivity contribution in [3.05, 3.63) is 21.9 Å². The Morgan fingerprint density at radius 1 is 1.62 bits per heavy atom. The van der Waals surface area contributed by atoms with Gasteiger partial charge in [-0.3, -0.25) is 4.79 Å². The zero-order chi connectivity index (χ0) is 11.4. The summed E-state index contributed by atoms with van der Waals surface area (Å²) in [4.78, 5) is 14.4. The highest BCUT2D eigenvalue weighted by Gasteiger charge is 2.20. The monoisotopic (exact) mass is 238 g/mol. The summed E-state index contributed by atoms with van der Waals surface area (Å²) in [6, 6.07) is 4.17. The molecule has 1 atom stereocenters. The Morgan fingerprint density at radius 3 is 3.12 bits per heavy atom. The third-order valence-electron chi connectivity index (χ3n) is 2.90. The fourth-order valence-electron chi connectivity index (χ4n) is 1.97. The van der Waals surface area contributed by atoms with Crippen LogP contribution < -0.4 is 10.6 Å². The van der Waals surface area contributed by atoms with E-state index in [1.54, 1.807) is 11.3 Å². The molecular formula is C12H18N2OS. The van der Waals surface area contributed by atoms with Crippen molar-refractivity contribution in [1.82, 2.24) is 10.6 Å². The van der Waals surface area contributed by atoms with Crippen molar-refractivity contribution < 1.29 is 4.79 Å². The minimum atomic E-state index is 0.162. The molecule has 0 spiro atoms. The van der Waals surface area contributed by atoms with Gasteiger partial charge in [0, 0.05) is 16.3 Å². The van der Waals surface area contributed by atoms with E-state index in [9.17, 15) is 4.79 Å². The summed E-state index contributed by atoms with van der Waals surface area (Å²) in [6.07, 6.45) is 2.12. The second-order valence-electron chi connectivity index (χ2n) is 4.27. The highest BCUT2D eigenvalue weighted by molar-refractivity contribution is 7.11. The van der Waals surface area contributed by atoms with Crippen molar-refractivity contribution >= 4 is 17.2 Å². The summed E-state index contributed by atoms with van der Waals surface area (Å²) in [7, 11) is 0. The minimum absolute atomic E-state index is 0.162. The number of nitrogens with one attached hydrogen (secondary N) is 2. The molecule has 1 saturated heterocycles. The van der Waals surface area contributed by atoms with Crippen LogP contribution >= 0.6 is 11.3 Å². The van der Waals surface area contributed by atoms with E-state index < -0.39 is 0 Å². The SMILES string of the molecule is Cc1ccc(CNC(=O)[C@H]2CCCNC2)s1. The molecule has 1 fully saturated rings. The number of piperidine rings is 1. The van der Waals surface area contributed by atoms with Crippen LogP contribution in [0.4, 0.5) is 0 Å². The van der Waals surface area contributed by atoms with Gasteiger partial charge < -0.3 is 10.6 Å². The fourth-order valence-corrected chi connectivity index (χ4v) is 2.80. The van der Waals surface area contributed by atoms with Crippen LogP contribution in [0.3, 0.4) is 0 Å². The van der Waals surface area contributed by atoms with E-state index in [1.165, 1.54) is 9.75 Å². The maximum Gasteiger partial charge on any atom is 0.224 e. The van der Waals surface area contributed by atoms with E-state index in [4.69, 9.17) is 0 Å². The van der Waals surface area contributed by atoms with Crippen LogP contribution in [0.2, 0.25) is 0 Å². The van der Waals surface area contributed by atoms with Gasteiger partial charge in [0.25, 0.3) is 0 Å². The molecule has 1 aliphatic heterocycles. The lowest BCUT2D eigenvalue weighted by Gasteiger charge is -2.21. The maximum atomic E-state index is 11.8.